The Kier molecular flexibility index (Phi) is 6.96. The topological polar surface area (TPSA) is 61.9 Å². The molecule has 0 bridgehead atoms. The highest BCUT2D eigenvalue weighted by Crippen LogP contribution is 2.18. The number of nitriles is 1. The van der Waals surface area contributed by atoms with Crippen LogP contribution in [0.25, 0.3) is 0 Å². The van der Waals surface area contributed by atoms with Crippen molar-refractivity contribution in [1.29, 1.82) is 5.26 Å². The Morgan fingerprint density at radius 3 is 2.96 bits per heavy atom. The maximum Gasteiger partial charge on any atom is 0.223 e. The molecule has 1 amide bonds. The number of aromatic nitrogens is 2. The van der Waals surface area contributed by atoms with Crippen LogP contribution in [-0.2, 0) is 24.3 Å². The zero-order valence-electron chi connectivity index (χ0n) is 14.9. The lowest BCUT2D eigenvalue weighted by atomic mass is 10.1. The van der Waals surface area contributed by atoms with Gasteiger partial charge in [0, 0.05) is 23.5 Å². The number of thiophene rings is 1. The second kappa shape index (κ2) is 9.19. The van der Waals surface area contributed by atoms with Gasteiger partial charge < -0.3 is 4.90 Å². The van der Waals surface area contributed by atoms with Crippen molar-refractivity contribution in [2.45, 2.75) is 46.2 Å². The summed E-state index contributed by atoms with van der Waals surface area (Å²) in [4.78, 5) is 15.7. The highest BCUT2D eigenvalue weighted by atomic mass is 32.1. The van der Waals surface area contributed by atoms with Crippen molar-refractivity contribution in [1.82, 2.24) is 14.7 Å². The van der Waals surface area contributed by atoms with Gasteiger partial charge in [-0.3, -0.25) is 9.48 Å². The number of hydrogen-bond donors (Lipinski definition) is 0. The Bertz CT molecular complexity index is 755. The van der Waals surface area contributed by atoms with Crippen molar-refractivity contribution in [2.75, 3.05) is 6.54 Å². The molecule has 0 aliphatic rings. The van der Waals surface area contributed by atoms with Crippen molar-refractivity contribution in [3.8, 4) is 6.07 Å². The number of hydrogen-bond acceptors (Lipinski definition) is 4. The number of aryl methyl sites for hydroxylation is 2. The number of nitrogens with zero attached hydrogens (tertiary/aromatic N) is 4. The zero-order chi connectivity index (χ0) is 18.2. The molecule has 6 heteroatoms. The third-order valence-electron chi connectivity index (χ3n) is 4.18. The van der Waals surface area contributed by atoms with Crippen molar-refractivity contribution >= 4 is 17.2 Å². The van der Waals surface area contributed by atoms with Crippen LogP contribution < -0.4 is 0 Å². The lowest BCUT2D eigenvalue weighted by Gasteiger charge is -2.20. The van der Waals surface area contributed by atoms with Gasteiger partial charge in [-0.25, -0.2) is 0 Å². The van der Waals surface area contributed by atoms with Crippen molar-refractivity contribution in [3.63, 3.8) is 0 Å². The van der Waals surface area contributed by atoms with Gasteiger partial charge >= 0.3 is 0 Å². The molecular formula is C19H24N4OS. The van der Waals surface area contributed by atoms with Crippen molar-refractivity contribution in [2.24, 2.45) is 0 Å². The lowest BCUT2D eigenvalue weighted by molar-refractivity contribution is -0.131. The highest BCUT2D eigenvalue weighted by Gasteiger charge is 2.17. The van der Waals surface area contributed by atoms with Gasteiger partial charge in [-0.2, -0.15) is 10.4 Å². The monoisotopic (exact) mass is 356 g/mol. The number of amides is 1. The Labute approximate surface area is 153 Å². The third kappa shape index (κ3) is 5.04. The first kappa shape index (κ1) is 18.9. The van der Waals surface area contributed by atoms with Crippen LogP contribution in [-0.4, -0.2) is 27.1 Å². The molecule has 0 saturated heterocycles. The van der Waals surface area contributed by atoms with Crippen LogP contribution in [0.4, 0.5) is 0 Å². The predicted octanol–water partition coefficient (Wildman–Crippen LogP) is 3.62. The minimum absolute atomic E-state index is 0.122. The second-order valence-corrected chi connectivity index (χ2v) is 6.96. The molecule has 0 radical (unpaired) electrons. The SMILES string of the molecule is C=CCN(Cc1cccs1)C(=O)CCc1c(C)nn(CCC#N)c1C. The van der Waals surface area contributed by atoms with Crippen LogP contribution in [0.5, 0.6) is 0 Å². The van der Waals surface area contributed by atoms with E-state index in [1.54, 1.807) is 17.4 Å². The summed E-state index contributed by atoms with van der Waals surface area (Å²) < 4.78 is 1.87. The first-order chi connectivity index (χ1) is 12.1. The normalized spacial score (nSPS) is 10.4. The van der Waals surface area contributed by atoms with Gasteiger partial charge in [-0.15, -0.1) is 17.9 Å². The molecular weight excluding hydrogens is 332 g/mol. The minimum atomic E-state index is 0.122. The fourth-order valence-corrected chi connectivity index (χ4v) is 3.58. The van der Waals surface area contributed by atoms with E-state index in [4.69, 9.17) is 5.26 Å². The van der Waals surface area contributed by atoms with E-state index >= 15 is 0 Å². The molecule has 2 aromatic rings. The second-order valence-electron chi connectivity index (χ2n) is 5.92. The van der Waals surface area contributed by atoms with Gasteiger partial charge in [0.25, 0.3) is 0 Å². The quantitative estimate of drug-likeness (QED) is 0.645. The van der Waals surface area contributed by atoms with Crippen LogP contribution in [0.1, 0.15) is 34.7 Å². The van der Waals surface area contributed by atoms with Gasteiger partial charge in [-0.05, 0) is 37.3 Å². The summed E-state index contributed by atoms with van der Waals surface area (Å²) in [5, 5.41) is 15.3. The Balaban J connectivity index is 2.01. The Morgan fingerprint density at radius 1 is 1.52 bits per heavy atom. The van der Waals surface area contributed by atoms with E-state index in [1.807, 2.05) is 40.9 Å². The standard InChI is InChI=1S/C19H24N4OS/c1-4-11-22(14-17-7-5-13-25-17)19(24)9-8-18-15(2)21-23(16(18)3)12-6-10-20/h4-5,7,13H,1,6,8-9,11-12,14H2,2-3H3. The molecule has 5 nitrogen and oxygen atoms in total. The van der Waals surface area contributed by atoms with E-state index in [1.165, 1.54) is 4.88 Å². The summed E-state index contributed by atoms with van der Waals surface area (Å²) in [5.74, 6) is 0.122. The van der Waals surface area contributed by atoms with E-state index in [0.29, 0.717) is 38.9 Å². The minimum Gasteiger partial charge on any atom is -0.334 e. The Morgan fingerprint density at radius 2 is 2.32 bits per heavy atom. The number of carbonyl (C=O) groups is 1. The van der Waals surface area contributed by atoms with Crippen LogP contribution in [0, 0.1) is 25.2 Å². The Hall–Kier alpha value is -2.39. The molecule has 0 unspecified atom stereocenters. The van der Waals surface area contributed by atoms with Crippen LogP contribution >= 0.6 is 11.3 Å². The molecule has 132 valence electrons. The lowest BCUT2D eigenvalue weighted by Crippen LogP contribution is -2.30. The molecule has 0 aliphatic carbocycles. The van der Waals surface area contributed by atoms with Crippen molar-refractivity contribution in [3.05, 3.63) is 52.0 Å². The van der Waals surface area contributed by atoms with Gasteiger partial charge in [0.15, 0.2) is 0 Å². The highest BCUT2D eigenvalue weighted by molar-refractivity contribution is 7.09. The molecule has 25 heavy (non-hydrogen) atoms. The molecule has 2 aromatic heterocycles. The molecule has 0 saturated carbocycles. The van der Waals surface area contributed by atoms with Gasteiger partial charge in [-0.1, -0.05) is 12.1 Å². The summed E-state index contributed by atoms with van der Waals surface area (Å²) >= 11 is 1.66. The number of rotatable bonds is 9. The first-order valence-corrected chi connectivity index (χ1v) is 9.25. The molecule has 2 rings (SSSR count). The summed E-state index contributed by atoms with van der Waals surface area (Å²) in [6.07, 6.45) is 3.32. The molecule has 0 N–H and O–H groups in total. The summed E-state index contributed by atoms with van der Waals surface area (Å²) in [6, 6.07) is 6.18. The summed E-state index contributed by atoms with van der Waals surface area (Å²) in [7, 11) is 0. The van der Waals surface area contributed by atoms with E-state index in [-0.39, 0.29) is 5.91 Å². The summed E-state index contributed by atoms with van der Waals surface area (Å²) in [6.45, 7) is 9.50. The molecule has 0 spiro atoms. The predicted molar refractivity (Wildman–Crippen MR) is 100 cm³/mol. The third-order valence-corrected chi connectivity index (χ3v) is 5.05. The molecule has 0 aromatic carbocycles. The van der Waals surface area contributed by atoms with Gasteiger partial charge in [0.1, 0.15) is 0 Å². The molecule has 0 fully saturated rings. The summed E-state index contributed by atoms with van der Waals surface area (Å²) in [5.41, 5.74) is 3.10. The molecule has 0 aliphatic heterocycles. The maximum absolute atomic E-state index is 12.6. The fourth-order valence-electron chi connectivity index (χ4n) is 2.86. The smallest absolute Gasteiger partial charge is 0.223 e. The van der Waals surface area contributed by atoms with E-state index in [0.717, 1.165) is 17.0 Å². The van der Waals surface area contributed by atoms with Crippen LogP contribution in [0.3, 0.4) is 0 Å². The van der Waals surface area contributed by atoms with E-state index < -0.39 is 0 Å². The van der Waals surface area contributed by atoms with Crippen LogP contribution in [0.2, 0.25) is 0 Å². The van der Waals surface area contributed by atoms with Crippen molar-refractivity contribution < 1.29 is 4.79 Å². The zero-order valence-corrected chi connectivity index (χ0v) is 15.7. The largest absolute Gasteiger partial charge is 0.334 e. The fraction of sp³-hybridized carbons (Fsp3) is 0.421. The average molecular weight is 356 g/mol. The van der Waals surface area contributed by atoms with E-state index in [9.17, 15) is 4.79 Å². The number of carbonyl (C=O) groups excluding carboxylic acids is 1. The van der Waals surface area contributed by atoms with Gasteiger partial charge in [0.05, 0.1) is 31.3 Å². The van der Waals surface area contributed by atoms with E-state index in [2.05, 4.69) is 17.7 Å². The molecule has 2 heterocycles. The first-order valence-electron chi connectivity index (χ1n) is 8.37. The average Bonchev–Trinajstić information content (AvgIpc) is 3.19. The molecule has 0 atom stereocenters. The van der Waals surface area contributed by atoms with Gasteiger partial charge in [0.2, 0.25) is 5.91 Å². The maximum atomic E-state index is 12.6. The van der Waals surface area contributed by atoms with Crippen LogP contribution in [0.15, 0.2) is 30.2 Å².